The number of rotatable bonds is 2. The number of hydrogen-bond acceptors (Lipinski definition) is 3. The summed E-state index contributed by atoms with van der Waals surface area (Å²) in [5, 5.41) is 6.39. The van der Waals surface area contributed by atoms with Crippen LogP contribution in [0.5, 0.6) is 0 Å². The summed E-state index contributed by atoms with van der Waals surface area (Å²) in [5.41, 5.74) is 6.40. The molecule has 0 radical (unpaired) electrons. The average molecular weight is 302 g/mol. The molecule has 0 spiro atoms. The van der Waals surface area contributed by atoms with Crippen LogP contribution in [0.4, 0.5) is 5.69 Å². The van der Waals surface area contributed by atoms with Gasteiger partial charge in [-0.3, -0.25) is 10.4 Å². The van der Waals surface area contributed by atoms with E-state index in [1.807, 2.05) is 24.3 Å². The molecule has 1 aliphatic rings. The minimum Gasteiger partial charge on any atom is -0.278 e. The number of nitrogens with one attached hydrogen (secondary N) is 1. The average Bonchev–Trinajstić information content (AvgIpc) is 2.45. The molecule has 0 amide bonds. The number of benzene rings is 1. The van der Waals surface area contributed by atoms with Crippen LogP contribution < -0.4 is 5.43 Å². The van der Waals surface area contributed by atoms with Gasteiger partial charge >= 0.3 is 0 Å². The highest BCUT2D eigenvalue weighted by molar-refractivity contribution is 6.31. The summed E-state index contributed by atoms with van der Waals surface area (Å²) < 4.78 is 0. The predicted octanol–water partition coefficient (Wildman–Crippen LogP) is 5.40. The fourth-order valence-corrected chi connectivity index (χ4v) is 2.95. The number of anilines is 1. The summed E-state index contributed by atoms with van der Waals surface area (Å²) in [6.07, 6.45) is 10.6. The highest BCUT2D eigenvalue weighted by Gasteiger charge is 2.06. The minimum atomic E-state index is 0.707. The maximum Gasteiger partial charge on any atom is 0.0738 e. The Morgan fingerprint density at radius 3 is 2.57 bits per heavy atom. The lowest BCUT2D eigenvalue weighted by atomic mass is 9.99. The lowest BCUT2D eigenvalue weighted by molar-refractivity contribution is 0.606. The molecule has 110 valence electrons. The van der Waals surface area contributed by atoms with Gasteiger partial charge < -0.3 is 0 Å². The van der Waals surface area contributed by atoms with Gasteiger partial charge in [0, 0.05) is 22.3 Å². The molecule has 2 aromatic rings. The van der Waals surface area contributed by atoms with E-state index in [9.17, 15) is 0 Å². The first-order chi connectivity index (χ1) is 10.3. The Morgan fingerprint density at radius 2 is 1.76 bits per heavy atom. The summed E-state index contributed by atoms with van der Waals surface area (Å²) in [5.74, 6) is 0. The van der Waals surface area contributed by atoms with E-state index in [4.69, 9.17) is 11.6 Å². The van der Waals surface area contributed by atoms with Crippen LogP contribution >= 0.6 is 11.6 Å². The quantitative estimate of drug-likeness (QED) is 0.754. The molecule has 3 nitrogen and oxygen atoms in total. The van der Waals surface area contributed by atoms with Crippen molar-refractivity contribution < 1.29 is 0 Å². The van der Waals surface area contributed by atoms with Crippen LogP contribution in [0.15, 0.2) is 35.6 Å². The fraction of sp³-hybridized carbons (Fsp3) is 0.412. The first-order valence-corrected chi connectivity index (χ1v) is 8.06. The molecule has 1 fully saturated rings. The van der Waals surface area contributed by atoms with E-state index in [0.29, 0.717) is 5.02 Å². The number of halogens is 1. The van der Waals surface area contributed by atoms with Crippen LogP contribution in [0.3, 0.4) is 0 Å². The van der Waals surface area contributed by atoms with Gasteiger partial charge in [-0.25, -0.2) is 0 Å². The van der Waals surface area contributed by atoms with Gasteiger partial charge in [0.15, 0.2) is 0 Å². The number of hydrogen-bond donors (Lipinski definition) is 1. The summed E-state index contributed by atoms with van der Waals surface area (Å²) in [7, 11) is 0. The first-order valence-electron chi connectivity index (χ1n) is 7.69. The molecule has 1 N–H and O–H groups in total. The maximum absolute atomic E-state index is 6.02. The minimum absolute atomic E-state index is 0.707. The van der Waals surface area contributed by atoms with Gasteiger partial charge in [-0.1, -0.05) is 30.9 Å². The summed E-state index contributed by atoms with van der Waals surface area (Å²) in [6, 6.07) is 7.72. The molecule has 1 saturated carbocycles. The van der Waals surface area contributed by atoms with E-state index >= 15 is 0 Å². The third-order valence-corrected chi connectivity index (χ3v) is 4.21. The van der Waals surface area contributed by atoms with Gasteiger partial charge in [-0.15, -0.1) is 0 Å². The van der Waals surface area contributed by atoms with Crippen molar-refractivity contribution in [1.82, 2.24) is 4.98 Å². The standard InChI is InChI=1S/C17H20ClN3/c18-13-8-9-15-16(10-11-19-17(15)12-13)21-20-14-6-4-2-1-3-5-7-14/h8-12H,1-7H2,(H,19,21). The molecule has 0 unspecified atom stereocenters. The Kier molecular flexibility index (Phi) is 4.71. The molecule has 4 heteroatoms. The van der Waals surface area contributed by atoms with Crippen molar-refractivity contribution in [2.75, 3.05) is 5.43 Å². The van der Waals surface area contributed by atoms with Crippen LogP contribution in [0.1, 0.15) is 44.9 Å². The molecular weight excluding hydrogens is 282 g/mol. The normalized spacial score (nSPS) is 16.3. The van der Waals surface area contributed by atoms with Crippen LogP contribution in [-0.4, -0.2) is 10.7 Å². The zero-order valence-corrected chi connectivity index (χ0v) is 12.9. The number of nitrogens with zero attached hydrogens (tertiary/aromatic N) is 2. The summed E-state index contributed by atoms with van der Waals surface area (Å²) >= 11 is 6.02. The SMILES string of the molecule is Clc1ccc2c(NN=C3CCCCCCC3)ccnc2c1. The second-order valence-corrected chi connectivity index (χ2v) is 6.01. The van der Waals surface area contributed by atoms with Crippen LogP contribution in [0.2, 0.25) is 5.02 Å². The topological polar surface area (TPSA) is 37.3 Å². The number of pyridine rings is 1. The van der Waals surface area contributed by atoms with Crippen molar-refractivity contribution in [3.8, 4) is 0 Å². The fourth-order valence-electron chi connectivity index (χ4n) is 2.78. The van der Waals surface area contributed by atoms with Crippen molar-refractivity contribution >= 4 is 33.9 Å². The Balaban J connectivity index is 1.80. The zero-order chi connectivity index (χ0) is 14.5. The van der Waals surface area contributed by atoms with Crippen molar-refractivity contribution in [2.45, 2.75) is 44.9 Å². The van der Waals surface area contributed by atoms with Crippen molar-refractivity contribution in [3.05, 3.63) is 35.5 Å². The monoisotopic (exact) mass is 301 g/mol. The second-order valence-electron chi connectivity index (χ2n) is 5.58. The van der Waals surface area contributed by atoms with Gasteiger partial charge in [0.1, 0.15) is 0 Å². The number of fused-ring (bicyclic) bond motifs is 1. The van der Waals surface area contributed by atoms with Crippen molar-refractivity contribution in [2.24, 2.45) is 5.10 Å². The second kappa shape index (κ2) is 6.90. The van der Waals surface area contributed by atoms with Crippen molar-refractivity contribution in [1.29, 1.82) is 0 Å². The highest BCUT2D eigenvalue weighted by atomic mass is 35.5. The molecule has 0 atom stereocenters. The van der Waals surface area contributed by atoms with Gasteiger partial charge in [0.05, 0.1) is 11.2 Å². The van der Waals surface area contributed by atoms with Gasteiger partial charge in [-0.05, 0) is 49.9 Å². The van der Waals surface area contributed by atoms with E-state index in [1.54, 1.807) is 6.20 Å². The van der Waals surface area contributed by atoms with Gasteiger partial charge in [0.2, 0.25) is 0 Å². The smallest absolute Gasteiger partial charge is 0.0738 e. The Morgan fingerprint density at radius 1 is 1.00 bits per heavy atom. The Bertz CT molecular complexity index is 642. The third-order valence-electron chi connectivity index (χ3n) is 3.97. The molecular formula is C17H20ClN3. The van der Waals surface area contributed by atoms with Crippen LogP contribution in [0, 0.1) is 0 Å². The zero-order valence-electron chi connectivity index (χ0n) is 12.1. The molecule has 1 aliphatic carbocycles. The molecule has 1 heterocycles. The van der Waals surface area contributed by atoms with Gasteiger partial charge in [0.25, 0.3) is 0 Å². The molecule has 21 heavy (non-hydrogen) atoms. The van der Waals surface area contributed by atoms with E-state index in [-0.39, 0.29) is 0 Å². The van der Waals surface area contributed by atoms with Crippen LogP contribution in [0.25, 0.3) is 10.9 Å². The third kappa shape index (κ3) is 3.73. The molecule has 3 rings (SSSR count). The van der Waals surface area contributed by atoms with E-state index in [2.05, 4.69) is 15.5 Å². The van der Waals surface area contributed by atoms with E-state index in [0.717, 1.165) is 29.4 Å². The number of hydrazone groups is 1. The lowest BCUT2D eigenvalue weighted by Crippen LogP contribution is -2.05. The van der Waals surface area contributed by atoms with Gasteiger partial charge in [-0.2, -0.15) is 5.10 Å². The number of aromatic nitrogens is 1. The summed E-state index contributed by atoms with van der Waals surface area (Å²) in [4.78, 5) is 4.35. The molecule has 0 saturated heterocycles. The van der Waals surface area contributed by atoms with Crippen LogP contribution in [-0.2, 0) is 0 Å². The first kappa shape index (κ1) is 14.3. The Hall–Kier alpha value is -1.61. The molecule has 1 aromatic carbocycles. The predicted molar refractivity (Wildman–Crippen MR) is 90.1 cm³/mol. The summed E-state index contributed by atoms with van der Waals surface area (Å²) in [6.45, 7) is 0. The maximum atomic E-state index is 6.02. The largest absolute Gasteiger partial charge is 0.278 e. The van der Waals surface area contributed by atoms with Crippen molar-refractivity contribution in [3.63, 3.8) is 0 Å². The lowest BCUT2D eigenvalue weighted by Gasteiger charge is -2.12. The van der Waals surface area contributed by atoms with E-state index in [1.165, 1.54) is 37.8 Å². The molecule has 0 bridgehead atoms. The molecule has 0 aliphatic heterocycles. The highest BCUT2D eigenvalue weighted by Crippen LogP contribution is 2.24. The Labute approximate surface area is 130 Å². The molecule has 1 aromatic heterocycles. The van der Waals surface area contributed by atoms with E-state index < -0.39 is 0 Å².